The summed E-state index contributed by atoms with van der Waals surface area (Å²) in [5.41, 5.74) is -0.151. The van der Waals surface area contributed by atoms with Crippen molar-refractivity contribution in [1.29, 1.82) is 0 Å². The molecule has 0 spiro atoms. The Labute approximate surface area is 157 Å². The van der Waals surface area contributed by atoms with Gasteiger partial charge >= 0.3 is 6.18 Å². The standard InChI is InChI=1S/C21H24F3NO2/c1-2-3-6-11-25-13-20(14-26,16-7-4-5-8-18(16)25)17-12-15(21(22,23)24)9-10-19(17)27/h4-5,7-10,12,26-27H,2-3,6,11,13-14H2,1H3. The van der Waals surface area contributed by atoms with Gasteiger partial charge in [0.05, 0.1) is 17.6 Å². The molecular weight excluding hydrogens is 355 g/mol. The van der Waals surface area contributed by atoms with E-state index in [9.17, 15) is 23.4 Å². The van der Waals surface area contributed by atoms with Crippen LogP contribution >= 0.6 is 0 Å². The molecule has 1 atom stereocenters. The summed E-state index contributed by atoms with van der Waals surface area (Å²) in [6, 6.07) is 10.3. The molecule has 0 amide bonds. The van der Waals surface area contributed by atoms with Crippen molar-refractivity contribution in [3.63, 3.8) is 0 Å². The maximum Gasteiger partial charge on any atom is 0.416 e. The first kappa shape index (κ1) is 19.5. The Morgan fingerprint density at radius 3 is 2.48 bits per heavy atom. The number of phenolic OH excluding ortho intramolecular Hbond substituents is 1. The fourth-order valence-electron chi connectivity index (χ4n) is 3.95. The first-order valence-electron chi connectivity index (χ1n) is 9.19. The number of anilines is 1. The summed E-state index contributed by atoms with van der Waals surface area (Å²) in [4.78, 5) is 2.10. The molecule has 0 saturated heterocycles. The van der Waals surface area contributed by atoms with E-state index in [2.05, 4.69) is 11.8 Å². The Morgan fingerprint density at radius 2 is 1.81 bits per heavy atom. The van der Waals surface area contributed by atoms with E-state index in [1.807, 2.05) is 24.3 Å². The van der Waals surface area contributed by atoms with Crippen LogP contribution in [0, 0.1) is 0 Å². The van der Waals surface area contributed by atoms with Crippen molar-refractivity contribution in [2.24, 2.45) is 0 Å². The van der Waals surface area contributed by atoms with E-state index in [1.165, 1.54) is 0 Å². The Morgan fingerprint density at radius 1 is 1.07 bits per heavy atom. The summed E-state index contributed by atoms with van der Waals surface area (Å²) in [5, 5.41) is 20.7. The Hall–Kier alpha value is -2.21. The van der Waals surface area contributed by atoms with Gasteiger partial charge in [0.25, 0.3) is 0 Å². The predicted molar refractivity (Wildman–Crippen MR) is 99.2 cm³/mol. The third-order valence-corrected chi connectivity index (χ3v) is 5.36. The van der Waals surface area contributed by atoms with Gasteiger partial charge in [-0.05, 0) is 36.2 Å². The minimum Gasteiger partial charge on any atom is -0.508 e. The third-order valence-electron chi connectivity index (χ3n) is 5.36. The molecule has 0 saturated carbocycles. The lowest BCUT2D eigenvalue weighted by molar-refractivity contribution is -0.137. The van der Waals surface area contributed by atoms with Crippen LogP contribution < -0.4 is 4.90 Å². The second kappa shape index (κ2) is 7.43. The quantitative estimate of drug-likeness (QED) is 0.715. The SMILES string of the molecule is CCCCCN1CC(CO)(c2cc(C(F)(F)F)ccc2O)c2ccccc21. The van der Waals surface area contributed by atoms with Crippen molar-refractivity contribution in [2.75, 3.05) is 24.6 Å². The minimum absolute atomic E-state index is 0.116. The van der Waals surface area contributed by atoms with Crippen LogP contribution in [-0.4, -0.2) is 29.9 Å². The molecule has 0 aromatic heterocycles. The van der Waals surface area contributed by atoms with E-state index >= 15 is 0 Å². The van der Waals surface area contributed by atoms with Gasteiger partial charge in [0.2, 0.25) is 0 Å². The Balaban J connectivity index is 2.10. The number of unbranched alkanes of at least 4 members (excludes halogenated alkanes) is 2. The van der Waals surface area contributed by atoms with Gasteiger partial charge in [-0.3, -0.25) is 0 Å². The molecular formula is C21H24F3NO2. The average molecular weight is 379 g/mol. The highest BCUT2D eigenvalue weighted by atomic mass is 19.4. The zero-order valence-electron chi connectivity index (χ0n) is 15.3. The lowest BCUT2D eigenvalue weighted by Gasteiger charge is -2.30. The van der Waals surface area contributed by atoms with Crippen LogP contribution in [-0.2, 0) is 11.6 Å². The Kier molecular flexibility index (Phi) is 5.38. The van der Waals surface area contributed by atoms with Crippen molar-refractivity contribution in [2.45, 2.75) is 37.8 Å². The lowest BCUT2D eigenvalue weighted by Crippen LogP contribution is -2.38. The molecule has 1 aliphatic heterocycles. The number of rotatable bonds is 6. The number of fused-ring (bicyclic) bond motifs is 1. The van der Waals surface area contributed by atoms with Crippen LogP contribution in [0.2, 0.25) is 0 Å². The van der Waals surface area contributed by atoms with Crippen molar-refractivity contribution >= 4 is 5.69 Å². The number of aliphatic hydroxyl groups is 1. The first-order valence-corrected chi connectivity index (χ1v) is 9.19. The molecule has 2 aromatic carbocycles. The fourth-order valence-corrected chi connectivity index (χ4v) is 3.95. The highest BCUT2D eigenvalue weighted by molar-refractivity contribution is 5.68. The van der Waals surface area contributed by atoms with E-state index in [1.54, 1.807) is 0 Å². The van der Waals surface area contributed by atoms with E-state index in [0.29, 0.717) is 6.54 Å². The zero-order chi connectivity index (χ0) is 19.7. The number of aromatic hydroxyl groups is 1. The van der Waals surface area contributed by atoms with E-state index < -0.39 is 17.2 Å². The van der Waals surface area contributed by atoms with Crippen LogP contribution in [0.15, 0.2) is 42.5 Å². The summed E-state index contributed by atoms with van der Waals surface area (Å²) in [7, 11) is 0. The van der Waals surface area contributed by atoms with Gasteiger partial charge in [-0.2, -0.15) is 13.2 Å². The topological polar surface area (TPSA) is 43.7 Å². The summed E-state index contributed by atoms with van der Waals surface area (Å²) in [6.45, 7) is 2.81. The molecule has 3 rings (SSSR count). The van der Waals surface area contributed by atoms with Gasteiger partial charge in [-0.1, -0.05) is 38.0 Å². The number of alkyl halides is 3. The van der Waals surface area contributed by atoms with Crippen molar-refractivity contribution in [3.05, 3.63) is 59.2 Å². The summed E-state index contributed by atoms with van der Waals surface area (Å²) < 4.78 is 39.7. The number of aliphatic hydroxyl groups excluding tert-OH is 1. The van der Waals surface area contributed by atoms with Crippen LogP contribution in [0.4, 0.5) is 18.9 Å². The van der Waals surface area contributed by atoms with Gasteiger partial charge in [-0.25, -0.2) is 0 Å². The molecule has 0 fully saturated rings. The number of halogens is 3. The van der Waals surface area contributed by atoms with E-state index in [4.69, 9.17) is 0 Å². The van der Waals surface area contributed by atoms with Gasteiger partial charge in [0.15, 0.2) is 0 Å². The minimum atomic E-state index is -4.52. The number of phenols is 1. The maximum atomic E-state index is 13.2. The molecule has 6 heteroatoms. The van der Waals surface area contributed by atoms with Crippen molar-refractivity contribution < 1.29 is 23.4 Å². The van der Waals surface area contributed by atoms with Gasteiger partial charge in [0, 0.05) is 24.3 Å². The molecule has 2 N–H and O–H groups in total. The second-order valence-corrected chi connectivity index (χ2v) is 7.12. The van der Waals surface area contributed by atoms with Crippen molar-refractivity contribution in [1.82, 2.24) is 0 Å². The number of para-hydroxylation sites is 1. The van der Waals surface area contributed by atoms with Crippen LogP contribution in [0.5, 0.6) is 5.75 Å². The molecule has 1 heterocycles. The molecule has 2 aromatic rings. The molecule has 0 bridgehead atoms. The monoisotopic (exact) mass is 379 g/mol. The number of benzene rings is 2. The van der Waals surface area contributed by atoms with Gasteiger partial charge in [-0.15, -0.1) is 0 Å². The molecule has 0 aliphatic carbocycles. The van der Waals surface area contributed by atoms with Crippen molar-refractivity contribution in [3.8, 4) is 5.75 Å². The molecule has 3 nitrogen and oxygen atoms in total. The van der Waals surface area contributed by atoms with E-state index in [-0.39, 0.29) is 17.9 Å². The van der Waals surface area contributed by atoms with Crippen LogP contribution in [0.25, 0.3) is 0 Å². The molecule has 27 heavy (non-hydrogen) atoms. The predicted octanol–water partition coefficient (Wildman–Crippen LogP) is 4.70. The number of hydrogen-bond acceptors (Lipinski definition) is 3. The normalized spacial score (nSPS) is 19.4. The summed E-state index contributed by atoms with van der Waals surface area (Å²) in [6.07, 6.45) is -1.44. The van der Waals surface area contributed by atoms with Gasteiger partial charge in [0.1, 0.15) is 5.75 Å². The molecule has 1 aliphatic rings. The van der Waals surface area contributed by atoms with Gasteiger partial charge < -0.3 is 15.1 Å². The third kappa shape index (κ3) is 3.50. The lowest BCUT2D eigenvalue weighted by atomic mass is 9.75. The summed E-state index contributed by atoms with van der Waals surface area (Å²) >= 11 is 0. The highest BCUT2D eigenvalue weighted by Crippen LogP contribution is 2.48. The molecule has 1 unspecified atom stereocenters. The second-order valence-electron chi connectivity index (χ2n) is 7.12. The van der Waals surface area contributed by atoms with Crippen LogP contribution in [0.1, 0.15) is 42.9 Å². The summed E-state index contributed by atoms with van der Waals surface area (Å²) in [5.74, 6) is -0.234. The largest absolute Gasteiger partial charge is 0.508 e. The average Bonchev–Trinajstić information content (AvgIpc) is 2.96. The molecule has 0 radical (unpaired) electrons. The van der Waals surface area contributed by atoms with E-state index in [0.717, 1.165) is 55.3 Å². The number of hydrogen-bond donors (Lipinski definition) is 2. The smallest absolute Gasteiger partial charge is 0.416 e. The Bertz CT molecular complexity index is 806. The van der Waals surface area contributed by atoms with Crippen LogP contribution in [0.3, 0.4) is 0 Å². The first-order chi connectivity index (χ1) is 12.8. The molecule has 146 valence electrons. The maximum absolute atomic E-state index is 13.2. The highest BCUT2D eigenvalue weighted by Gasteiger charge is 2.46. The number of nitrogens with zero attached hydrogens (tertiary/aromatic N) is 1. The zero-order valence-corrected chi connectivity index (χ0v) is 15.3. The fraction of sp³-hybridized carbons (Fsp3) is 0.429.